The van der Waals surface area contributed by atoms with Crippen molar-refractivity contribution in [2.24, 2.45) is 7.05 Å². The van der Waals surface area contributed by atoms with Crippen molar-refractivity contribution in [1.82, 2.24) is 9.88 Å². The van der Waals surface area contributed by atoms with Crippen LogP contribution in [0.5, 0.6) is 0 Å². The second-order valence-corrected chi connectivity index (χ2v) is 4.21. The second-order valence-electron chi connectivity index (χ2n) is 4.21. The fourth-order valence-electron chi connectivity index (χ4n) is 2.04. The quantitative estimate of drug-likeness (QED) is 0.792. The molecule has 0 saturated heterocycles. The van der Waals surface area contributed by atoms with Gasteiger partial charge in [-0.2, -0.15) is 0 Å². The lowest BCUT2D eigenvalue weighted by Crippen LogP contribution is -2.12. The first kappa shape index (κ1) is 10.2. The molecule has 1 atom stereocenters. The predicted molar refractivity (Wildman–Crippen MR) is 65.1 cm³/mol. The third kappa shape index (κ3) is 1.65. The van der Waals surface area contributed by atoms with Crippen LogP contribution in [-0.4, -0.2) is 11.6 Å². The molecule has 1 N–H and O–H groups in total. The van der Waals surface area contributed by atoms with Gasteiger partial charge < -0.3 is 9.88 Å². The topological polar surface area (TPSA) is 17.0 Å². The molecule has 2 nitrogen and oxygen atoms in total. The van der Waals surface area contributed by atoms with Gasteiger partial charge in [-0.1, -0.05) is 12.1 Å². The highest BCUT2D eigenvalue weighted by Crippen LogP contribution is 2.23. The molecule has 0 aliphatic heterocycles. The summed E-state index contributed by atoms with van der Waals surface area (Å²) in [5.74, 6) is 0. The highest BCUT2D eigenvalue weighted by molar-refractivity contribution is 5.84. The number of aryl methyl sites for hydroxylation is 2. The van der Waals surface area contributed by atoms with Gasteiger partial charge in [0.05, 0.1) is 0 Å². The highest BCUT2D eigenvalue weighted by atomic mass is 14.9. The summed E-state index contributed by atoms with van der Waals surface area (Å²) in [4.78, 5) is 0. The molecule has 0 aliphatic rings. The number of nitrogens with zero attached hydrogens (tertiary/aromatic N) is 1. The molecule has 0 radical (unpaired) electrons. The molecule has 2 aromatic rings. The van der Waals surface area contributed by atoms with Gasteiger partial charge in [-0.15, -0.1) is 0 Å². The van der Waals surface area contributed by atoms with Crippen LogP contribution in [0.15, 0.2) is 24.4 Å². The summed E-state index contributed by atoms with van der Waals surface area (Å²) in [6.07, 6.45) is 2.18. The Kier molecular flexibility index (Phi) is 2.53. The van der Waals surface area contributed by atoms with Gasteiger partial charge in [-0.25, -0.2) is 0 Å². The van der Waals surface area contributed by atoms with Crippen molar-refractivity contribution in [3.63, 3.8) is 0 Å². The molecule has 2 rings (SSSR count). The van der Waals surface area contributed by atoms with Crippen LogP contribution >= 0.6 is 0 Å². The van der Waals surface area contributed by atoms with Gasteiger partial charge >= 0.3 is 0 Å². The summed E-state index contributed by atoms with van der Waals surface area (Å²) in [5, 5.41) is 4.61. The minimum Gasteiger partial charge on any atom is -0.350 e. The number of aromatic nitrogens is 1. The van der Waals surface area contributed by atoms with Crippen LogP contribution < -0.4 is 5.32 Å². The Labute approximate surface area is 90.9 Å². The number of benzene rings is 1. The SMILES string of the molecule is CNC(C)c1ccc2c(C)cn(C)c2c1. The number of fused-ring (bicyclic) bond motifs is 1. The van der Waals surface area contributed by atoms with Gasteiger partial charge in [0, 0.05) is 30.2 Å². The van der Waals surface area contributed by atoms with Crippen molar-refractivity contribution in [2.45, 2.75) is 19.9 Å². The van der Waals surface area contributed by atoms with E-state index < -0.39 is 0 Å². The van der Waals surface area contributed by atoms with Crippen molar-refractivity contribution in [3.8, 4) is 0 Å². The van der Waals surface area contributed by atoms with Crippen LogP contribution in [-0.2, 0) is 7.05 Å². The average Bonchev–Trinajstić information content (AvgIpc) is 2.53. The summed E-state index contributed by atoms with van der Waals surface area (Å²) in [6, 6.07) is 7.10. The maximum absolute atomic E-state index is 3.26. The van der Waals surface area contributed by atoms with E-state index in [9.17, 15) is 0 Å². The zero-order chi connectivity index (χ0) is 11.0. The van der Waals surface area contributed by atoms with Crippen LogP contribution in [0.1, 0.15) is 24.1 Å². The summed E-state index contributed by atoms with van der Waals surface area (Å²) >= 11 is 0. The van der Waals surface area contributed by atoms with Gasteiger partial charge in [-0.3, -0.25) is 0 Å². The maximum atomic E-state index is 3.26. The van der Waals surface area contributed by atoms with Crippen molar-refractivity contribution < 1.29 is 0 Å². The van der Waals surface area contributed by atoms with Crippen molar-refractivity contribution in [3.05, 3.63) is 35.5 Å². The normalized spacial score (nSPS) is 13.3. The predicted octanol–water partition coefficient (Wildman–Crippen LogP) is 2.77. The van der Waals surface area contributed by atoms with E-state index in [1.54, 1.807) is 0 Å². The minimum atomic E-state index is 0.407. The average molecular weight is 202 g/mol. The Balaban J connectivity index is 2.60. The summed E-state index contributed by atoms with van der Waals surface area (Å²) in [5.41, 5.74) is 3.99. The molecule has 1 aromatic heterocycles. The molecule has 2 heteroatoms. The van der Waals surface area contributed by atoms with Crippen molar-refractivity contribution in [2.75, 3.05) is 7.05 Å². The van der Waals surface area contributed by atoms with Gasteiger partial charge in [0.15, 0.2) is 0 Å². The first-order chi connectivity index (χ1) is 7.13. The molecule has 0 aliphatic carbocycles. The molecular formula is C13H18N2. The molecule has 15 heavy (non-hydrogen) atoms. The monoisotopic (exact) mass is 202 g/mol. The van der Waals surface area contributed by atoms with Crippen LogP contribution in [0.25, 0.3) is 10.9 Å². The van der Waals surface area contributed by atoms with E-state index in [0.29, 0.717) is 6.04 Å². The fourth-order valence-corrected chi connectivity index (χ4v) is 2.04. The molecular weight excluding hydrogens is 184 g/mol. The third-order valence-electron chi connectivity index (χ3n) is 3.15. The molecule has 0 spiro atoms. The smallest absolute Gasteiger partial charge is 0.0483 e. The van der Waals surface area contributed by atoms with Crippen LogP contribution in [0.3, 0.4) is 0 Å². The molecule has 0 fully saturated rings. The van der Waals surface area contributed by atoms with Crippen LogP contribution in [0.4, 0.5) is 0 Å². The first-order valence-electron chi connectivity index (χ1n) is 5.36. The van der Waals surface area contributed by atoms with E-state index in [-0.39, 0.29) is 0 Å². The number of hydrogen-bond acceptors (Lipinski definition) is 1. The number of rotatable bonds is 2. The first-order valence-corrected chi connectivity index (χ1v) is 5.36. The van der Waals surface area contributed by atoms with Gasteiger partial charge in [0.1, 0.15) is 0 Å². The largest absolute Gasteiger partial charge is 0.350 e. The van der Waals surface area contributed by atoms with E-state index in [1.807, 2.05) is 7.05 Å². The third-order valence-corrected chi connectivity index (χ3v) is 3.15. The Morgan fingerprint density at radius 1 is 1.33 bits per heavy atom. The maximum Gasteiger partial charge on any atom is 0.0483 e. The van der Waals surface area contributed by atoms with Crippen LogP contribution in [0, 0.1) is 6.92 Å². The Morgan fingerprint density at radius 3 is 2.73 bits per heavy atom. The minimum absolute atomic E-state index is 0.407. The van der Waals surface area contributed by atoms with E-state index >= 15 is 0 Å². The van der Waals surface area contributed by atoms with Crippen molar-refractivity contribution in [1.29, 1.82) is 0 Å². The molecule has 1 unspecified atom stereocenters. The highest BCUT2D eigenvalue weighted by Gasteiger charge is 2.07. The Bertz CT molecular complexity index is 482. The lowest BCUT2D eigenvalue weighted by molar-refractivity contribution is 0.653. The molecule has 0 saturated carbocycles. The number of nitrogens with one attached hydrogen (secondary N) is 1. The molecule has 80 valence electrons. The summed E-state index contributed by atoms with van der Waals surface area (Å²) in [6.45, 7) is 4.33. The van der Waals surface area contributed by atoms with Gasteiger partial charge in [0.25, 0.3) is 0 Å². The fraction of sp³-hybridized carbons (Fsp3) is 0.385. The lowest BCUT2D eigenvalue weighted by atomic mass is 10.1. The lowest BCUT2D eigenvalue weighted by Gasteiger charge is -2.10. The van der Waals surface area contributed by atoms with Gasteiger partial charge in [-0.05, 0) is 38.1 Å². The number of hydrogen-bond donors (Lipinski definition) is 1. The molecule has 0 bridgehead atoms. The van der Waals surface area contributed by atoms with E-state index in [1.165, 1.54) is 22.0 Å². The standard InChI is InChI=1S/C13H18N2/c1-9-8-15(4)13-7-11(10(2)14-3)5-6-12(9)13/h5-8,10,14H,1-4H3. The molecule has 0 amide bonds. The van der Waals surface area contributed by atoms with Gasteiger partial charge in [0.2, 0.25) is 0 Å². The zero-order valence-corrected chi connectivity index (χ0v) is 9.83. The van der Waals surface area contributed by atoms with E-state index in [0.717, 1.165) is 0 Å². The Hall–Kier alpha value is -1.28. The van der Waals surface area contributed by atoms with Crippen molar-refractivity contribution >= 4 is 10.9 Å². The molecule has 1 aromatic carbocycles. The van der Waals surface area contributed by atoms with E-state index in [2.05, 4.69) is 55.2 Å². The summed E-state index contributed by atoms with van der Waals surface area (Å²) < 4.78 is 2.19. The zero-order valence-electron chi connectivity index (χ0n) is 9.83. The summed E-state index contributed by atoms with van der Waals surface area (Å²) in [7, 11) is 4.09. The molecule has 1 heterocycles. The van der Waals surface area contributed by atoms with Crippen LogP contribution in [0.2, 0.25) is 0 Å². The Morgan fingerprint density at radius 2 is 2.07 bits per heavy atom. The van der Waals surface area contributed by atoms with E-state index in [4.69, 9.17) is 0 Å². The second kappa shape index (κ2) is 3.70.